The fourth-order valence-corrected chi connectivity index (χ4v) is 3.58. The first-order valence-electron chi connectivity index (χ1n) is 9.77. The summed E-state index contributed by atoms with van der Waals surface area (Å²) >= 11 is 0. The first kappa shape index (κ1) is 17.4. The SMILES string of the molecule is Cc1ccc(N(c2ccc(C)cc2)c2ccc3nc4ccccc4nc3c2)cc1. The van der Waals surface area contributed by atoms with Crippen molar-refractivity contribution in [2.45, 2.75) is 13.8 Å². The minimum atomic E-state index is 0.894. The topological polar surface area (TPSA) is 29.0 Å². The van der Waals surface area contributed by atoms with Crippen LogP contribution in [0.3, 0.4) is 0 Å². The number of fused-ring (bicyclic) bond motifs is 2. The van der Waals surface area contributed by atoms with Crippen LogP contribution in [-0.4, -0.2) is 9.97 Å². The van der Waals surface area contributed by atoms with Crippen LogP contribution in [0, 0.1) is 13.8 Å². The number of para-hydroxylation sites is 2. The van der Waals surface area contributed by atoms with Crippen LogP contribution in [0.5, 0.6) is 0 Å². The van der Waals surface area contributed by atoms with Gasteiger partial charge in [0, 0.05) is 17.1 Å². The number of benzene rings is 4. The lowest BCUT2D eigenvalue weighted by atomic mass is 10.1. The molecule has 0 saturated heterocycles. The van der Waals surface area contributed by atoms with Crippen LogP contribution in [0.1, 0.15) is 11.1 Å². The van der Waals surface area contributed by atoms with Gasteiger partial charge in [0.2, 0.25) is 0 Å². The van der Waals surface area contributed by atoms with Crippen LogP contribution in [0.4, 0.5) is 17.1 Å². The van der Waals surface area contributed by atoms with E-state index in [1.807, 2.05) is 24.3 Å². The first-order valence-corrected chi connectivity index (χ1v) is 9.77. The highest BCUT2D eigenvalue weighted by molar-refractivity contribution is 5.90. The minimum Gasteiger partial charge on any atom is -0.310 e. The molecule has 4 aromatic carbocycles. The number of hydrogen-bond acceptors (Lipinski definition) is 3. The molecule has 1 aromatic heterocycles. The largest absolute Gasteiger partial charge is 0.310 e. The number of anilines is 3. The van der Waals surface area contributed by atoms with Crippen LogP contribution in [0.15, 0.2) is 91.0 Å². The van der Waals surface area contributed by atoms with Gasteiger partial charge in [0.15, 0.2) is 0 Å². The molecule has 29 heavy (non-hydrogen) atoms. The highest BCUT2D eigenvalue weighted by atomic mass is 15.1. The van der Waals surface area contributed by atoms with Crippen LogP contribution < -0.4 is 4.90 Å². The Labute approximate surface area is 170 Å². The molecule has 0 unspecified atom stereocenters. The lowest BCUT2D eigenvalue weighted by Crippen LogP contribution is -2.10. The van der Waals surface area contributed by atoms with E-state index in [1.165, 1.54) is 11.1 Å². The molecule has 5 aromatic rings. The normalized spacial score (nSPS) is 11.1. The third-order valence-corrected chi connectivity index (χ3v) is 5.17. The van der Waals surface area contributed by atoms with Gasteiger partial charge in [-0.3, -0.25) is 0 Å². The summed E-state index contributed by atoms with van der Waals surface area (Å²) < 4.78 is 0. The molecule has 0 N–H and O–H groups in total. The Morgan fingerprint density at radius 3 is 1.48 bits per heavy atom. The second kappa shape index (κ2) is 7.02. The number of rotatable bonds is 3. The van der Waals surface area contributed by atoms with Gasteiger partial charge in [0.1, 0.15) is 0 Å². The zero-order valence-corrected chi connectivity index (χ0v) is 16.5. The lowest BCUT2D eigenvalue weighted by Gasteiger charge is -2.26. The van der Waals surface area contributed by atoms with Crippen molar-refractivity contribution in [3.05, 3.63) is 102 Å². The van der Waals surface area contributed by atoms with E-state index in [-0.39, 0.29) is 0 Å². The van der Waals surface area contributed by atoms with Gasteiger partial charge in [0.25, 0.3) is 0 Å². The molecular formula is C26H21N3. The lowest BCUT2D eigenvalue weighted by molar-refractivity contribution is 1.27. The number of hydrogen-bond donors (Lipinski definition) is 0. The molecule has 0 aliphatic rings. The van der Waals surface area contributed by atoms with Gasteiger partial charge < -0.3 is 4.90 Å². The van der Waals surface area contributed by atoms with Gasteiger partial charge in [-0.2, -0.15) is 0 Å². The summed E-state index contributed by atoms with van der Waals surface area (Å²) in [6, 6.07) is 31.5. The molecule has 0 aliphatic heterocycles. The van der Waals surface area contributed by atoms with Gasteiger partial charge in [-0.15, -0.1) is 0 Å². The second-order valence-corrected chi connectivity index (χ2v) is 7.39. The molecule has 140 valence electrons. The van der Waals surface area contributed by atoms with Crippen molar-refractivity contribution in [1.82, 2.24) is 9.97 Å². The highest BCUT2D eigenvalue weighted by Crippen LogP contribution is 2.36. The van der Waals surface area contributed by atoms with E-state index in [0.29, 0.717) is 0 Å². The van der Waals surface area contributed by atoms with E-state index >= 15 is 0 Å². The molecule has 1 heterocycles. The van der Waals surface area contributed by atoms with Crippen LogP contribution in [-0.2, 0) is 0 Å². The molecule has 0 atom stereocenters. The van der Waals surface area contributed by atoms with Crippen molar-refractivity contribution in [2.24, 2.45) is 0 Å². The van der Waals surface area contributed by atoms with Crippen molar-refractivity contribution >= 4 is 39.1 Å². The Morgan fingerprint density at radius 2 is 0.931 bits per heavy atom. The average Bonchev–Trinajstić information content (AvgIpc) is 2.75. The van der Waals surface area contributed by atoms with Gasteiger partial charge in [-0.25, -0.2) is 9.97 Å². The summed E-state index contributed by atoms with van der Waals surface area (Å²) in [5, 5.41) is 0. The Hall–Kier alpha value is -3.72. The van der Waals surface area contributed by atoms with Gasteiger partial charge >= 0.3 is 0 Å². The standard InChI is InChI=1S/C26H21N3/c1-18-7-11-20(12-8-18)29(21-13-9-19(2)10-14-21)22-15-16-25-26(17-22)28-24-6-4-3-5-23(24)27-25/h3-17H,1-2H3. The van der Waals surface area contributed by atoms with Crippen LogP contribution in [0.2, 0.25) is 0 Å². The van der Waals surface area contributed by atoms with E-state index in [2.05, 4.69) is 85.5 Å². The molecule has 3 nitrogen and oxygen atoms in total. The van der Waals surface area contributed by atoms with Crippen molar-refractivity contribution < 1.29 is 0 Å². The Balaban J connectivity index is 1.70. The van der Waals surface area contributed by atoms with Gasteiger partial charge in [-0.05, 0) is 68.4 Å². The molecule has 5 rings (SSSR count). The van der Waals surface area contributed by atoms with Crippen molar-refractivity contribution in [3.8, 4) is 0 Å². The molecule has 0 fully saturated rings. The third kappa shape index (κ3) is 3.32. The molecular weight excluding hydrogens is 354 g/mol. The average molecular weight is 375 g/mol. The zero-order valence-electron chi connectivity index (χ0n) is 16.5. The fourth-order valence-electron chi connectivity index (χ4n) is 3.58. The van der Waals surface area contributed by atoms with Crippen molar-refractivity contribution in [2.75, 3.05) is 4.90 Å². The number of aromatic nitrogens is 2. The summed E-state index contributed by atoms with van der Waals surface area (Å²) in [6.45, 7) is 4.22. The number of aryl methyl sites for hydroxylation is 2. The van der Waals surface area contributed by atoms with Gasteiger partial charge in [0.05, 0.1) is 22.1 Å². The van der Waals surface area contributed by atoms with Crippen molar-refractivity contribution in [3.63, 3.8) is 0 Å². The summed E-state index contributed by atoms with van der Waals surface area (Å²) in [6.07, 6.45) is 0. The summed E-state index contributed by atoms with van der Waals surface area (Å²) in [5.41, 5.74) is 9.42. The quantitative estimate of drug-likeness (QED) is 0.322. The number of nitrogens with zero attached hydrogens (tertiary/aromatic N) is 3. The molecule has 0 aliphatic carbocycles. The smallest absolute Gasteiger partial charge is 0.0915 e. The molecule has 3 heteroatoms. The Bertz CT molecular complexity index is 1260. The van der Waals surface area contributed by atoms with E-state index in [9.17, 15) is 0 Å². The van der Waals surface area contributed by atoms with E-state index < -0.39 is 0 Å². The van der Waals surface area contributed by atoms with Crippen LogP contribution in [0.25, 0.3) is 22.1 Å². The maximum atomic E-state index is 4.85. The Morgan fingerprint density at radius 1 is 0.483 bits per heavy atom. The summed E-state index contributed by atoms with van der Waals surface area (Å²) in [5.74, 6) is 0. The van der Waals surface area contributed by atoms with Crippen LogP contribution >= 0.6 is 0 Å². The summed E-state index contributed by atoms with van der Waals surface area (Å²) in [7, 11) is 0. The predicted octanol–water partition coefficient (Wildman–Crippen LogP) is 6.87. The maximum absolute atomic E-state index is 4.85. The zero-order chi connectivity index (χ0) is 19.8. The molecule has 0 bridgehead atoms. The second-order valence-electron chi connectivity index (χ2n) is 7.39. The highest BCUT2D eigenvalue weighted by Gasteiger charge is 2.13. The maximum Gasteiger partial charge on any atom is 0.0915 e. The van der Waals surface area contributed by atoms with E-state index in [0.717, 1.165) is 39.1 Å². The Kier molecular flexibility index (Phi) is 4.21. The van der Waals surface area contributed by atoms with E-state index in [1.54, 1.807) is 0 Å². The molecule has 0 saturated carbocycles. The molecule has 0 spiro atoms. The molecule has 0 radical (unpaired) electrons. The predicted molar refractivity (Wildman–Crippen MR) is 121 cm³/mol. The fraction of sp³-hybridized carbons (Fsp3) is 0.0769. The molecule has 0 amide bonds. The first-order chi connectivity index (χ1) is 14.2. The van der Waals surface area contributed by atoms with Gasteiger partial charge in [-0.1, -0.05) is 47.5 Å². The van der Waals surface area contributed by atoms with E-state index in [4.69, 9.17) is 9.97 Å². The van der Waals surface area contributed by atoms with Crippen molar-refractivity contribution in [1.29, 1.82) is 0 Å². The third-order valence-electron chi connectivity index (χ3n) is 5.17. The minimum absolute atomic E-state index is 0.894. The summed E-state index contributed by atoms with van der Waals surface area (Å²) in [4.78, 5) is 11.9. The monoisotopic (exact) mass is 375 g/mol.